The Morgan fingerprint density at radius 3 is 2.44 bits per heavy atom. The monoisotopic (exact) mass is 378 g/mol. The summed E-state index contributed by atoms with van der Waals surface area (Å²) < 4.78 is 8.58. The zero-order chi connectivity index (χ0) is 19.2. The topological polar surface area (TPSA) is 50.4 Å². The highest BCUT2D eigenvalue weighted by Gasteiger charge is 2.11. The lowest BCUT2D eigenvalue weighted by Gasteiger charge is -2.11. The van der Waals surface area contributed by atoms with Crippen LogP contribution in [0.4, 0.5) is 11.4 Å². The molecule has 2 N–H and O–H groups in total. The van der Waals surface area contributed by atoms with Gasteiger partial charge in [0.25, 0.3) is 5.91 Å². The zero-order valence-electron chi connectivity index (χ0n) is 15.6. The number of methoxy groups -OCH3 is 1. The van der Waals surface area contributed by atoms with Gasteiger partial charge >= 0.3 is 0 Å². The Kier molecular flexibility index (Phi) is 6.04. The van der Waals surface area contributed by atoms with Crippen molar-refractivity contribution in [1.82, 2.24) is 0 Å². The molecule has 0 bridgehead atoms. The molecule has 0 aliphatic heterocycles. The molecule has 0 radical (unpaired) electrons. The first kappa shape index (κ1) is 18.9. The van der Waals surface area contributed by atoms with Crippen molar-refractivity contribution in [3.05, 3.63) is 83.4 Å². The summed E-state index contributed by atoms with van der Waals surface area (Å²) in [6.45, 7) is 4.21. The number of amides is 1. The number of hydrogen-bond acceptors (Lipinski definition) is 4. The molecular weight excluding hydrogens is 356 g/mol. The maximum absolute atomic E-state index is 12.5. The van der Waals surface area contributed by atoms with Gasteiger partial charge in [-0.2, -0.15) is 0 Å². The normalized spacial score (nSPS) is 10.3. The first-order valence-corrected chi connectivity index (χ1v) is 9.43. The van der Waals surface area contributed by atoms with E-state index in [0.717, 1.165) is 16.3 Å². The van der Waals surface area contributed by atoms with Gasteiger partial charge in [-0.15, -0.1) is 0 Å². The lowest BCUT2D eigenvalue weighted by molar-refractivity contribution is 0.102. The van der Waals surface area contributed by atoms with E-state index in [4.69, 9.17) is 4.74 Å². The number of carbonyl (C=O) groups is 1. The quantitative estimate of drug-likeness (QED) is 0.542. The molecule has 1 amide bonds. The molecule has 27 heavy (non-hydrogen) atoms. The summed E-state index contributed by atoms with van der Waals surface area (Å²) in [5.41, 5.74) is 4.68. The van der Waals surface area contributed by atoms with Crippen molar-refractivity contribution in [1.29, 1.82) is 0 Å². The molecule has 138 valence electrons. The average molecular weight is 378 g/mol. The number of rotatable bonds is 6. The third-order valence-corrected chi connectivity index (χ3v) is 5.06. The van der Waals surface area contributed by atoms with Crippen LogP contribution in [0.5, 0.6) is 5.75 Å². The number of hydrogen-bond donors (Lipinski definition) is 2. The highest BCUT2D eigenvalue weighted by molar-refractivity contribution is 8.00. The zero-order valence-corrected chi connectivity index (χ0v) is 16.4. The molecule has 0 heterocycles. The molecule has 0 aromatic heterocycles. The van der Waals surface area contributed by atoms with Gasteiger partial charge in [-0.25, -0.2) is 0 Å². The van der Waals surface area contributed by atoms with Crippen molar-refractivity contribution in [2.45, 2.75) is 18.7 Å². The van der Waals surface area contributed by atoms with E-state index in [-0.39, 0.29) is 5.91 Å². The maximum atomic E-state index is 12.5. The van der Waals surface area contributed by atoms with Crippen LogP contribution in [0.15, 0.2) is 71.6 Å². The summed E-state index contributed by atoms with van der Waals surface area (Å²) in [5, 5.41) is 2.92. The fourth-order valence-electron chi connectivity index (χ4n) is 2.59. The maximum Gasteiger partial charge on any atom is 0.259 e. The molecule has 0 aliphatic rings. The molecule has 0 unspecified atom stereocenters. The van der Waals surface area contributed by atoms with Crippen LogP contribution in [-0.2, 0) is 0 Å². The van der Waals surface area contributed by atoms with E-state index < -0.39 is 0 Å². The van der Waals surface area contributed by atoms with Gasteiger partial charge in [-0.3, -0.25) is 4.79 Å². The first-order valence-electron chi connectivity index (χ1n) is 8.61. The van der Waals surface area contributed by atoms with Crippen LogP contribution in [0.1, 0.15) is 21.5 Å². The number of nitrogens with one attached hydrogen (secondary N) is 2. The Morgan fingerprint density at radius 2 is 1.67 bits per heavy atom. The van der Waals surface area contributed by atoms with E-state index in [0.29, 0.717) is 11.3 Å². The summed E-state index contributed by atoms with van der Waals surface area (Å²) in [6.07, 6.45) is 0. The number of para-hydroxylation sites is 1. The molecule has 0 spiro atoms. The van der Waals surface area contributed by atoms with E-state index in [2.05, 4.69) is 42.1 Å². The van der Waals surface area contributed by atoms with E-state index >= 15 is 0 Å². The van der Waals surface area contributed by atoms with Gasteiger partial charge in [0.1, 0.15) is 5.75 Å². The molecule has 0 aliphatic carbocycles. The van der Waals surface area contributed by atoms with Crippen molar-refractivity contribution >= 4 is 29.2 Å². The van der Waals surface area contributed by atoms with E-state index in [1.807, 2.05) is 36.4 Å². The smallest absolute Gasteiger partial charge is 0.259 e. The average Bonchev–Trinajstić information content (AvgIpc) is 2.69. The first-order chi connectivity index (χ1) is 13.1. The van der Waals surface area contributed by atoms with Crippen LogP contribution >= 0.6 is 11.9 Å². The molecule has 0 atom stereocenters. The van der Waals surface area contributed by atoms with Crippen LogP contribution in [0, 0.1) is 13.8 Å². The molecule has 5 heteroatoms. The fourth-order valence-corrected chi connectivity index (χ4v) is 3.32. The summed E-state index contributed by atoms with van der Waals surface area (Å²) in [5.74, 6) is 0.348. The van der Waals surface area contributed by atoms with Crippen molar-refractivity contribution in [3.8, 4) is 5.75 Å². The lowest BCUT2D eigenvalue weighted by atomic mass is 10.1. The Labute approximate surface area is 164 Å². The van der Waals surface area contributed by atoms with Gasteiger partial charge < -0.3 is 14.8 Å². The summed E-state index contributed by atoms with van der Waals surface area (Å²) in [7, 11) is 1.56. The minimum absolute atomic E-state index is 0.202. The number of anilines is 2. The van der Waals surface area contributed by atoms with Crippen molar-refractivity contribution in [2.75, 3.05) is 17.1 Å². The lowest BCUT2D eigenvalue weighted by Crippen LogP contribution is -2.13. The number of carbonyl (C=O) groups excluding carboxylic acids is 1. The fraction of sp³-hybridized carbons (Fsp3) is 0.136. The van der Waals surface area contributed by atoms with Gasteiger partial charge in [0, 0.05) is 16.3 Å². The molecule has 0 saturated carbocycles. The third kappa shape index (κ3) is 4.83. The predicted molar refractivity (Wildman–Crippen MR) is 113 cm³/mol. The number of benzene rings is 3. The minimum Gasteiger partial charge on any atom is -0.496 e. The van der Waals surface area contributed by atoms with Gasteiger partial charge in [0.05, 0.1) is 12.7 Å². The summed E-state index contributed by atoms with van der Waals surface area (Å²) >= 11 is 1.54. The Balaban J connectivity index is 1.68. The van der Waals surface area contributed by atoms with Crippen LogP contribution in [0.2, 0.25) is 0 Å². The van der Waals surface area contributed by atoms with Crippen LogP contribution < -0.4 is 14.8 Å². The minimum atomic E-state index is -0.202. The van der Waals surface area contributed by atoms with Gasteiger partial charge in [0.15, 0.2) is 0 Å². The molecule has 3 rings (SSSR count). The van der Waals surface area contributed by atoms with Crippen LogP contribution in [-0.4, -0.2) is 13.0 Å². The van der Waals surface area contributed by atoms with Gasteiger partial charge in [0.2, 0.25) is 0 Å². The Bertz CT molecular complexity index is 957. The molecule has 3 aromatic rings. The van der Waals surface area contributed by atoms with Crippen molar-refractivity contribution in [2.24, 2.45) is 0 Å². The second-order valence-corrected chi connectivity index (χ2v) is 7.07. The van der Waals surface area contributed by atoms with Crippen LogP contribution in [0.25, 0.3) is 0 Å². The second kappa shape index (κ2) is 8.64. The Morgan fingerprint density at radius 1 is 0.889 bits per heavy atom. The Hall–Kier alpha value is -2.92. The molecule has 3 aromatic carbocycles. The van der Waals surface area contributed by atoms with Gasteiger partial charge in [-0.05, 0) is 79.4 Å². The molecule has 0 saturated heterocycles. The summed E-state index contributed by atoms with van der Waals surface area (Å²) in [4.78, 5) is 13.7. The predicted octanol–water partition coefficient (Wildman–Crippen LogP) is 5.68. The molecule has 0 fully saturated rings. The third-order valence-electron chi connectivity index (χ3n) is 4.24. The number of ether oxygens (including phenoxy) is 1. The number of aryl methyl sites for hydroxylation is 2. The van der Waals surface area contributed by atoms with E-state index in [1.165, 1.54) is 11.1 Å². The second-order valence-electron chi connectivity index (χ2n) is 6.19. The SMILES string of the molecule is COc1ccccc1C(=O)Nc1cccc(NSc2ccc(C)c(C)c2)c1. The van der Waals surface area contributed by atoms with Gasteiger partial charge in [-0.1, -0.05) is 24.3 Å². The van der Waals surface area contributed by atoms with E-state index in [1.54, 1.807) is 31.2 Å². The highest BCUT2D eigenvalue weighted by atomic mass is 32.2. The van der Waals surface area contributed by atoms with Crippen molar-refractivity contribution < 1.29 is 9.53 Å². The van der Waals surface area contributed by atoms with Crippen molar-refractivity contribution in [3.63, 3.8) is 0 Å². The molecule has 4 nitrogen and oxygen atoms in total. The van der Waals surface area contributed by atoms with E-state index in [9.17, 15) is 4.79 Å². The summed E-state index contributed by atoms with van der Waals surface area (Å²) in [6, 6.07) is 21.2. The molecular formula is C22H22N2O2S. The standard InChI is InChI=1S/C22H22N2O2S/c1-15-11-12-19(13-16(15)2)27-24-18-8-6-7-17(14-18)23-22(25)20-9-4-5-10-21(20)26-3/h4-14,24H,1-3H3,(H,23,25). The van der Waals surface area contributed by atoms with Crippen LogP contribution in [0.3, 0.4) is 0 Å². The largest absolute Gasteiger partial charge is 0.496 e. The highest BCUT2D eigenvalue weighted by Crippen LogP contribution is 2.25.